The largest absolute Gasteiger partial charge is 0.349 e. The number of nitriles is 1. The van der Waals surface area contributed by atoms with Crippen molar-refractivity contribution in [3.63, 3.8) is 0 Å². The van der Waals surface area contributed by atoms with Crippen LogP contribution in [0.5, 0.6) is 0 Å². The highest BCUT2D eigenvalue weighted by Gasteiger charge is 2.20. The lowest BCUT2D eigenvalue weighted by Crippen LogP contribution is -2.36. The molecule has 0 spiro atoms. The van der Waals surface area contributed by atoms with Crippen molar-refractivity contribution in [2.24, 2.45) is 0 Å². The lowest BCUT2D eigenvalue weighted by atomic mass is 9.95. The van der Waals surface area contributed by atoms with Crippen LogP contribution < -0.4 is 5.32 Å². The van der Waals surface area contributed by atoms with E-state index in [9.17, 15) is 10.1 Å². The molecule has 29 heavy (non-hydrogen) atoms. The molecule has 0 atom stereocenters. The van der Waals surface area contributed by atoms with Crippen LogP contribution in [0.15, 0.2) is 54.2 Å². The van der Waals surface area contributed by atoms with Crippen LogP contribution in [0.1, 0.15) is 43.4 Å². The summed E-state index contributed by atoms with van der Waals surface area (Å²) < 4.78 is 1.95. The molecule has 1 aliphatic rings. The van der Waals surface area contributed by atoms with Crippen LogP contribution in [0.3, 0.4) is 0 Å². The van der Waals surface area contributed by atoms with E-state index in [4.69, 9.17) is 4.98 Å². The molecule has 0 unspecified atom stereocenters. The van der Waals surface area contributed by atoms with Gasteiger partial charge in [0.25, 0.3) is 5.91 Å². The van der Waals surface area contributed by atoms with Crippen LogP contribution in [0.4, 0.5) is 0 Å². The van der Waals surface area contributed by atoms with E-state index in [0.29, 0.717) is 0 Å². The van der Waals surface area contributed by atoms with E-state index in [-0.39, 0.29) is 17.5 Å². The minimum atomic E-state index is -0.305. The fourth-order valence-electron chi connectivity index (χ4n) is 3.96. The zero-order valence-electron chi connectivity index (χ0n) is 16.6. The van der Waals surface area contributed by atoms with Crippen LogP contribution in [0, 0.1) is 18.3 Å². The van der Waals surface area contributed by atoms with Crippen molar-refractivity contribution >= 4 is 17.6 Å². The molecule has 146 valence electrons. The van der Waals surface area contributed by atoms with E-state index in [1.54, 1.807) is 6.08 Å². The summed E-state index contributed by atoms with van der Waals surface area (Å²) in [7, 11) is 0. The van der Waals surface area contributed by atoms with E-state index in [0.717, 1.165) is 53.8 Å². The number of fused-ring (bicyclic) bond motifs is 1. The van der Waals surface area contributed by atoms with Crippen LogP contribution in [0.2, 0.25) is 0 Å². The Morgan fingerprint density at radius 2 is 1.93 bits per heavy atom. The van der Waals surface area contributed by atoms with Gasteiger partial charge in [-0.15, -0.1) is 0 Å². The van der Waals surface area contributed by atoms with Crippen LogP contribution in [-0.4, -0.2) is 21.3 Å². The third-order valence-corrected chi connectivity index (χ3v) is 5.52. The summed E-state index contributed by atoms with van der Waals surface area (Å²) in [5.41, 5.74) is 4.42. The Kier molecular flexibility index (Phi) is 5.44. The van der Waals surface area contributed by atoms with E-state index < -0.39 is 0 Å². The highest BCUT2D eigenvalue weighted by Crippen LogP contribution is 2.27. The molecule has 3 aromatic rings. The molecule has 0 radical (unpaired) electrons. The quantitative estimate of drug-likeness (QED) is 0.525. The number of hydrogen-bond acceptors (Lipinski definition) is 3. The monoisotopic (exact) mass is 384 g/mol. The number of nitrogens with one attached hydrogen (secondary N) is 1. The van der Waals surface area contributed by atoms with Crippen molar-refractivity contribution in [1.82, 2.24) is 14.7 Å². The zero-order chi connectivity index (χ0) is 20.2. The van der Waals surface area contributed by atoms with E-state index in [1.807, 2.05) is 60.0 Å². The van der Waals surface area contributed by atoms with Gasteiger partial charge >= 0.3 is 0 Å². The zero-order valence-corrected chi connectivity index (χ0v) is 16.6. The van der Waals surface area contributed by atoms with Gasteiger partial charge in [-0.2, -0.15) is 5.26 Å². The average molecular weight is 384 g/mol. The number of aromatic nitrogens is 2. The van der Waals surface area contributed by atoms with Crippen LogP contribution in [0.25, 0.3) is 23.0 Å². The first-order valence-corrected chi connectivity index (χ1v) is 10.1. The van der Waals surface area contributed by atoms with Gasteiger partial charge in [0.05, 0.1) is 11.4 Å². The second-order valence-electron chi connectivity index (χ2n) is 7.57. The summed E-state index contributed by atoms with van der Waals surface area (Å²) >= 11 is 0. The third-order valence-electron chi connectivity index (χ3n) is 5.52. The Morgan fingerprint density at radius 3 is 2.66 bits per heavy atom. The summed E-state index contributed by atoms with van der Waals surface area (Å²) in [6.07, 6.45) is 9.02. The molecule has 4 rings (SSSR count). The number of hydrogen-bond donors (Lipinski definition) is 1. The van der Waals surface area contributed by atoms with Crippen molar-refractivity contribution in [3.8, 4) is 17.3 Å². The molecule has 0 aliphatic heterocycles. The predicted octanol–water partition coefficient (Wildman–Crippen LogP) is 4.67. The second kappa shape index (κ2) is 8.32. The summed E-state index contributed by atoms with van der Waals surface area (Å²) in [5, 5.41) is 12.7. The number of pyridine rings is 1. The molecule has 5 nitrogen and oxygen atoms in total. The van der Waals surface area contributed by atoms with Crippen molar-refractivity contribution in [1.29, 1.82) is 5.26 Å². The first-order valence-electron chi connectivity index (χ1n) is 10.1. The Hall–Kier alpha value is -3.39. The number of amides is 1. The van der Waals surface area contributed by atoms with E-state index in [2.05, 4.69) is 11.4 Å². The van der Waals surface area contributed by atoms with Crippen molar-refractivity contribution in [2.45, 2.75) is 45.1 Å². The number of carbonyl (C=O) groups is 1. The van der Waals surface area contributed by atoms with Gasteiger partial charge in [0.1, 0.15) is 17.3 Å². The molecule has 5 heteroatoms. The van der Waals surface area contributed by atoms with Crippen molar-refractivity contribution < 1.29 is 4.79 Å². The highest BCUT2D eigenvalue weighted by atomic mass is 16.1. The Morgan fingerprint density at radius 1 is 1.17 bits per heavy atom. The number of carbonyl (C=O) groups excluding carboxylic acids is 1. The Balaban J connectivity index is 1.78. The van der Waals surface area contributed by atoms with Gasteiger partial charge in [-0.05, 0) is 37.5 Å². The minimum Gasteiger partial charge on any atom is -0.349 e. The summed E-state index contributed by atoms with van der Waals surface area (Å²) in [6.45, 7) is 2.01. The molecule has 1 amide bonds. The minimum absolute atomic E-state index is 0.107. The predicted molar refractivity (Wildman–Crippen MR) is 114 cm³/mol. The average Bonchev–Trinajstić information content (AvgIpc) is 3.13. The number of rotatable bonds is 4. The van der Waals surface area contributed by atoms with Crippen LogP contribution in [-0.2, 0) is 4.79 Å². The summed E-state index contributed by atoms with van der Waals surface area (Å²) in [5.74, 6) is -0.305. The first-order chi connectivity index (χ1) is 14.2. The number of nitrogens with zero attached hydrogens (tertiary/aromatic N) is 3. The smallest absolute Gasteiger partial charge is 0.262 e. The molecular weight excluding hydrogens is 360 g/mol. The number of benzene rings is 1. The Bertz CT molecular complexity index is 1100. The van der Waals surface area contributed by atoms with Gasteiger partial charge in [-0.3, -0.25) is 9.20 Å². The molecule has 1 N–H and O–H groups in total. The fourth-order valence-corrected chi connectivity index (χ4v) is 3.96. The third kappa shape index (κ3) is 3.93. The molecule has 1 aliphatic carbocycles. The number of imidazole rings is 1. The number of aryl methyl sites for hydroxylation is 1. The fraction of sp³-hybridized carbons (Fsp3) is 0.292. The normalized spacial score (nSPS) is 15.2. The Labute approximate surface area is 170 Å². The molecule has 2 aromatic heterocycles. The van der Waals surface area contributed by atoms with Gasteiger partial charge in [0.15, 0.2) is 0 Å². The summed E-state index contributed by atoms with van der Waals surface area (Å²) in [6, 6.07) is 16.1. The van der Waals surface area contributed by atoms with E-state index >= 15 is 0 Å². The highest BCUT2D eigenvalue weighted by molar-refractivity contribution is 6.02. The van der Waals surface area contributed by atoms with Crippen LogP contribution >= 0.6 is 0 Å². The van der Waals surface area contributed by atoms with Gasteiger partial charge < -0.3 is 5.32 Å². The maximum absolute atomic E-state index is 12.8. The van der Waals surface area contributed by atoms with E-state index in [1.165, 1.54) is 6.42 Å². The summed E-state index contributed by atoms with van der Waals surface area (Å²) in [4.78, 5) is 17.6. The molecule has 0 bridgehead atoms. The van der Waals surface area contributed by atoms with Gasteiger partial charge in [-0.25, -0.2) is 4.98 Å². The van der Waals surface area contributed by atoms with Gasteiger partial charge in [-0.1, -0.05) is 55.7 Å². The SMILES string of the molecule is Cc1cccn2c(C=C(C#N)C(=O)NC3CCCCC3)c(-c3ccccc3)nc12. The van der Waals surface area contributed by atoms with Crippen molar-refractivity contribution in [3.05, 3.63) is 65.5 Å². The molecule has 1 aromatic carbocycles. The topological polar surface area (TPSA) is 70.2 Å². The molecule has 1 fully saturated rings. The first kappa shape index (κ1) is 18.9. The van der Waals surface area contributed by atoms with Crippen molar-refractivity contribution in [2.75, 3.05) is 0 Å². The van der Waals surface area contributed by atoms with Gasteiger partial charge in [0.2, 0.25) is 0 Å². The molecule has 2 heterocycles. The molecule has 0 saturated heterocycles. The molecule has 1 saturated carbocycles. The lowest BCUT2D eigenvalue weighted by Gasteiger charge is -2.22. The van der Waals surface area contributed by atoms with Gasteiger partial charge in [0, 0.05) is 17.8 Å². The maximum Gasteiger partial charge on any atom is 0.262 e. The second-order valence-corrected chi connectivity index (χ2v) is 7.57. The lowest BCUT2D eigenvalue weighted by molar-refractivity contribution is -0.117. The maximum atomic E-state index is 12.8. The molecular formula is C24H24N4O. The standard InChI is InChI=1S/C24H24N4O/c1-17-9-8-14-28-21(22(27-23(17)28)18-10-4-2-5-11-18)15-19(16-25)24(29)26-20-12-6-3-7-13-20/h2,4-5,8-11,14-15,20H,3,6-7,12-13H2,1H3,(H,26,29).